The molecule has 0 N–H and O–H groups in total. The number of thiophene rings is 1. The summed E-state index contributed by atoms with van der Waals surface area (Å²) in [5.41, 5.74) is 1.01. The molecule has 1 aromatic heterocycles. The highest BCUT2D eigenvalue weighted by molar-refractivity contribution is 7.14. The summed E-state index contributed by atoms with van der Waals surface area (Å²) in [6.45, 7) is 1.29. The number of hydrogen-bond donors (Lipinski definition) is 0. The van der Waals surface area contributed by atoms with Gasteiger partial charge in [0.25, 0.3) is 0 Å². The molecule has 2 heterocycles. The van der Waals surface area contributed by atoms with E-state index in [9.17, 15) is 4.79 Å². The third-order valence-corrected chi connectivity index (χ3v) is 3.64. The molecule has 0 amide bonds. The van der Waals surface area contributed by atoms with Gasteiger partial charge in [0.2, 0.25) is 0 Å². The van der Waals surface area contributed by atoms with E-state index in [2.05, 4.69) is 0 Å². The van der Waals surface area contributed by atoms with Gasteiger partial charge in [0.15, 0.2) is 6.29 Å². The lowest BCUT2D eigenvalue weighted by molar-refractivity contribution is 0.111. The standard InChI is InChI=1S/C8H7ClO2S/c9-8-5-4-11-2-1-6(5)12-7(8)3-10/h3H,1-2,4H2. The Kier molecular flexibility index (Phi) is 2.17. The van der Waals surface area contributed by atoms with E-state index in [1.165, 1.54) is 16.2 Å². The average molecular weight is 203 g/mol. The number of carbonyl (C=O) groups is 1. The van der Waals surface area contributed by atoms with E-state index in [0.717, 1.165) is 24.9 Å². The van der Waals surface area contributed by atoms with E-state index in [1.54, 1.807) is 0 Å². The second-order valence-electron chi connectivity index (χ2n) is 2.60. The Hall–Kier alpha value is -0.380. The predicted octanol–water partition coefficient (Wildman–Crippen LogP) is 2.29. The van der Waals surface area contributed by atoms with E-state index in [1.807, 2.05) is 0 Å². The van der Waals surface area contributed by atoms with Crippen molar-refractivity contribution in [1.29, 1.82) is 0 Å². The summed E-state index contributed by atoms with van der Waals surface area (Å²) in [4.78, 5) is 12.4. The number of ether oxygens (including phenoxy) is 1. The first-order valence-corrected chi connectivity index (χ1v) is 4.85. The molecular weight excluding hydrogens is 196 g/mol. The van der Waals surface area contributed by atoms with Crippen LogP contribution in [0.4, 0.5) is 0 Å². The second-order valence-corrected chi connectivity index (χ2v) is 4.12. The topological polar surface area (TPSA) is 26.3 Å². The highest BCUT2D eigenvalue weighted by atomic mass is 35.5. The molecule has 0 aliphatic carbocycles. The third kappa shape index (κ3) is 1.18. The summed E-state index contributed by atoms with van der Waals surface area (Å²) in [6.07, 6.45) is 1.69. The molecule has 0 atom stereocenters. The minimum Gasteiger partial charge on any atom is -0.376 e. The normalized spacial score (nSPS) is 15.8. The fourth-order valence-electron chi connectivity index (χ4n) is 1.27. The van der Waals surface area contributed by atoms with E-state index in [-0.39, 0.29) is 0 Å². The van der Waals surface area contributed by atoms with Crippen molar-refractivity contribution in [3.05, 3.63) is 20.3 Å². The largest absolute Gasteiger partial charge is 0.376 e. The van der Waals surface area contributed by atoms with Crippen LogP contribution in [0.3, 0.4) is 0 Å². The second kappa shape index (κ2) is 3.17. The average Bonchev–Trinajstić information content (AvgIpc) is 2.44. The van der Waals surface area contributed by atoms with Crippen LogP contribution in [0.1, 0.15) is 20.1 Å². The minimum atomic E-state index is 0.554. The highest BCUT2D eigenvalue weighted by Crippen LogP contribution is 2.34. The molecule has 4 heteroatoms. The van der Waals surface area contributed by atoms with Gasteiger partial charge in [-0.05, 0) is 0 Å². The van der Waals surface area contributed by atoms with E-state index < -0.39 is 0 Å². The van der Waals surface area contributed by atoms with Gasteiger partial charge in [0, 0.05) is 16.9 Å². The first-order valence-electron chi connectivity index (χ1n) is 3.66. The molecule has 1 aromatic rings. The Morgan fingerprint density at radius 3 is 3.08 bits per heavy atom. The third-order valence-electron chi connectivity index (χ3n) is 1.88. The monoisotopic (exact) mass is 202 g/mol. The van der Waals surface area contributed by atoms with Crippen LogP contribution in [0.2, 0.25) is 5.02 Å². The van der Waals surface area contributed by atoms with Crippen LogP contribution in [0, 0.1) is 0 Å². The van der Waals surface area contributed by atoms with Crippen molar-refractivity contribution in [3.63, 3.8) is 0 Å². The molecule has 1 aliphatic rings. The van der Waals surface area contributed by atoms with Crippen LogP contribution in [-0.2, 0) is 17.8 Å². The van der Waals surface area contributed by atoms with Crippen molar-refractivity contribution < 1.29 is 9.53 Å². The van der Waals surface area contributed by atoms with Gasteiger partial charge in [0.1, 0.15) is 0 Å². The molecule has 64 valence electrons. The number of aldehydes is 1. The number of hydrogen-bond acceptors (Lipinski definition) is 3. The van der Waals surface area contributed by atoms with Gasteiger partial charge in [-0.2, -0.15) is 0 Å². The number of rotatable bonds is 1. The molecular formula is C8H7ClO2S. The molecule has 0 radical (unpaired) electrons. The minimum absolute atomic E-state index is 0.554. The van der Waals surface area contributed by atoms with Crippen molar-refractivity contribution in [2.75, 3.05) is 6.61 Å². The van der Waals surface area contributed by atoms with Gasteiger partial charge in [-0.15, -0.1) is 11.3 Å². The summed E-state index contributed by atoms with van der Waals surface area (Å²) in [5, 5.41) is 0.588. The van der Waals surface area contributed by atoms with E-state index >= 15 is 0 Å². The summed E-state index contributed by atoms with van der Waals surface area (Å²) < 4.78 is 5.24. The number of fused-ring (bicyclic) bond motifs is 1. The maximum atomic E-state index is 10.5. The van der Waals surface area contributed by atoms with Crippen LogP contribution in [0.15, 0.2) is 0 Å². The summed E-state index contributed by atoms with van der Waals surface area (Å²) in [5.74, 6) is 0. The van der Waals surface area contributed by atoms with Gasteiger partial charge >= 0.3 is 0 Å². The highest BCUT2D eigenvalue weighted by Gasteiger charge is 2.18. The van der Waals surface area contributed by atoms with Gasteiger partial charge in [-0.25, -0.2) is 0 Å². The number of carbonyl (C=O) groups excluding carboxylic acids is 1. The Labute approximate surface area is 79.1 Å². The Morgan fingerprint density at radius 2 is 2.42 bits per heavy atom. The fourth-order valence-corrected chi connectivity index (χ4v) is 2.65. The zero-order valence-corrected chi connectivity index (χ0v) is 7.87. The SMILES string of the molecule is O=Cc1sc2c(c1Cl)COCC2. The lowest BCUT2D eigenvalue weighted by Gasteiger charge is -2.11. The molecule has 0 bridgehead atoms. The molecule has 1 aliphatic heterocycles. The molecule has 12 heavy (non-hydrogen) atoms. The van der Waals surface area contributed by atoms with Gasteiger partial charge in [-0.1, -0.05) is 11.6 Å². The molecule has 2 nitrogen and oxygen atoms in total. The Bertz CT molecular complexity index is 319. The molecule has 2 rings (SSSR count). The van der Waals surface area contributed by atoms with Crippen molar-refractivity contribution in [2.45, 2.75) is 13.0 Å². The summed E-state index contributed by atoms with van der Waals surface area (Å²) in [7, 11) is 0. The zero-order valence-electron chi connectivity index (χ0n) is 6.30. The quantitative estimate of drug-likeness (QED) is 0.654. The fraction of sp³-hybridized carbons (Fsp3) is 0.375. The summed E-state index contributed by atoms with van der Waals surface area (Å²) >= 11 is 7.42. The zero-order chi connectivity index (χ0) is 8.55. The first kappa shape index (κ1) is 8.23. The first-order chi connectivity index (χ1) is 5.83. The Morgan fingerprint density at radius 1 is 1.58 bits per heavy atom. The number of halogens is 1. The predicted molar refractivity (Wildman–Crippen MR) is 48.1 cm³/mol. The van der Waals surface area contributed by atoms with E-state index in [0.29, 0.717) is 16.5 Å². The lowest BCUT2D eigenvalue weighted by atomic mass is 10.2. The smallest absolute Gasteiger partial charge is 0.161 e. The van der Waals surface area contributed by atoms with Crippen LogP contribution in [0.25, 0.3) is 0 Å². The van der Waals surface area contributed by atoms with E-state index in [4.69, 9.17) is 16.3 Å². The molecule has 0 saturated carbocycles. The van der Waals surface area contributed by atoms with Gasteiger partial charge in [-0.3, -0.25) is 4.79 Å². The maximum absolute atomic E-state index is 10.5. The Balaban J connectivity index is 2.51. The molecule has 0 unspecified atom stereocenters. The maximum Gasteiger partial charge on any atom is 0.161 e. The van der Waals surface area contributed by atoms with Gasteiger partial charge in [0.05, 0.1) is 23.1 Å². The molecule has 0 saturated heterocycles. The molecule has 0 spiro atoms. The van der Waals surface area contributed by atoms with Crippen LogP contribution >= 0.6 is 22.9 Å². The summed E-state index contributed by atoms with van der Waals surface area (Å²) in [6, 6.07) is 0. The van der Waals surface area contributed by atoms with Crippen LogP contribution < -0.4 is 0 Å². The van der Waals surface area contributed by atoms with Crippen molar-refractivity contribution >= 4 is 29.2 Å². The molecule has 0 aromatic carbocycles. The van der Waals surface area contributed by atoms with Crippen molar-refractivity contribution in [1.82, 2.24) is 0 Å². The molecule has 0 fully saturated rings. The van der Waals surface area contributed by atoms with Gasteiger partial charge < -0.3 is 4.74 Å². The lowest BCUT2D eigenvalue weighted by Crippen LogP contribution is -2.06. The van der Waals surface area contributed by atoms with Crippen molar-refractivity contribution in [2.24, 2.45) is 0 Å². The van der Waals surface area contributed by atoms with Crippen molar-refractivity contribution in [3.8, 4) is 0 Å². The van der Waals surface area contributed by atoms with Crippen LogP contribution in [-0.4, -0.2) is 12.9 Å². The van der Waals surface area contributed by atoms with Crippen LogP contribution in [0.5, 0.6) is 0 Å².